The monoisotopic (exact) mass is 325 g/mol. The van der Waals surface area contributed by atoms with E-state index in [1.165, 1.54) is 12.4 Å². The molecule has 3 aromatic rings. The molecule has 1 aromatic carbocycles. The van der Waals surface area contributed by atoms with Gasteiger partial charge in [-0.1, -0.05) is 11.6 Å². The van der Waals surface area contributed by atoms with E-state index < -0.39 is 17.5 Å². The van der Waals surface area contributed by atoms with Gasteiger partial charge in [0.15, 0.2) is 5.15 Å². The molecule has 0 aliphatic rings. The van der Waals surface area contributed by atoms with Gasteiger partial charge in [-0.3, -0.25) is 4.98 Å². The molecule has 0 bridgehead atoms. The van der Waals surface area contributed by atoms with Gasteiger partial charge in [-0.25, -0.2) is 0 Å². The van der Waals surface area contributed by atoms with E-state index in [1.807, 2.05) is 0 Å². The zero-order valence-corrected chi connectivity index (χ0v) is 11.5. The van der Waals surface area contributed by atoms with Gasteiger partial charge in [0.05, 0.1) is 5.56 Å². The molecule has 2 aromatic heterocycles. The third-order valence-electron chi connectivity index (χ3n) is 3.12. The third-order valence-corrected chi connectivity index (χ3v) is 3.40. The lowest BCUT2D eigenvalue weighted by atomic mass is 10.0. The van der Waals surface area contributed by atoms with Gasteiger partial charge in [0.25, 0.3) is 0 Å². The molecule has 3 rings (SSSR count). The highest BCUT2D eigenvalue weighted by atomic mass is 35.5. The van der Waals surface area contributed by atoms with Crippen molar-refractivity contribution in [3.63, 3.8) is 0 Å². The van der Waals surface area contributed by atoms with Crippen molar-refractivity contribution in [1.29, 1.82) is 0 Å². The average Bonchev–Trinajstić information content (AvgIpc) is 2.47. The van der Waals surface area contributed by atoms with Crippen molar-refractivity contribution < 1.29 is 18.3 Å². The lowest BCUT2D eigenvalue weighted by molar-refractivity contribution is -0.137. The molecule has 0 aliphatic heterocycles. The van der Waals surface area contributed by atoms with Crippen LogP contribution in [0.4, 0.5) is 13.2 Å². The van der Waals surface area contributed by atoms with Gasteiger partial charge in [-0.15, -0.1) is 10.2 Å². The van der Waals surface area contributed by atoms with Crippen LogP contribution in [0.25, 0.3) is 22.0 Å². The van der Waals surface area contributed by atoms with E-state index in [-0.39, 0.29) is 16.4 Å². The number of fused-ring (bicyclic) bond motifs is 1. The summed E-state index contributed by atoms with van der Waals surface area (Å²) in [4.78, 5) is 3.91. The first kappa shape index (κ1) is 14.5. The number of halogens is 4. The smallest absolute Gasteiger partial charge is 0.416 e. The molecule has 0 unspecified atom stereocenters. The van der Waals surface area contributed by atoms with E-state index in [2.05, 4.69) is 15.2 Å². The molecule has 0 amide bonds. The molecule has 0 fully saturated rings. The summed E-state index contributed by atoms with van der Waals surface area (Å²) in [6, 6.07) is 4.27. The van der Waals surface area contributed by atoms with E-state index in [9.17, 15) is 18.3 Å². The Bertz CT molecular complexity index is 868. The summed E-state index contributed by atoms with van der Waals surface area (Å²) in [6.45, 7) is 0. The molecule has 0 saturated heterocycles. The van der Waals surface area contributed by atoms with Crippen LogP contribution in [0.2, 0.25) is 5.15 Å². The Hall–Kier alpha value is -2.41. The number of phenols is 1. The maximum atomic E-state index is 12.6. The number of phenolic OH excluding ortho intramolecular Hbond substituents is 1. The van der Waals surface area contributed by atoms with Crippen LogP contribution in [0.15, 0.2) is 36.7 Å². The standard InChI is InChI=1S/C14H7ClF3N3O/c15-13-10-6-19-4-3-8(10)12(20-21-13)9-2-1-7(5-11(9)22)14(16,17)18/h1-6,22H. The SMILES string of the molecule is Oc1cc(C(F)(F)F)ccc1-c1nnc(Cl)c2cnccc12. The van der Waals surface area contributed by atoms with Crippen LogP contribution in [0.3, 0.4) is 0 Å². The summed E-state index contributed by atoms with van der Waals surface area (Å²) in [6.07, 6.45) is -1.57. The number of aromatic hydroxyl groups is 1. The second-order valence-corrected chi connectivity index (χ2v) is 4.85. The summed E-state index contributed by atoms with van der Waals surface area (Å²) < 4.78 is 37.9. The van der Waals surface area contributed by atoms with Gasteiger partial charge < -0.3 is 5.11 Å². The maximum Gasteiger partial charge on any atom is 0.416 e. The molecule has 22 heavy (non-hydrogen) atoms. The van der Waals surface area contributed by atoms with Crippen molar-refractivity contribution in [3.8, 4) is 17.0 Å². The molecule has 8 heteroatoms. The Morgan fingerprint density at radius 2 is 1.82 bits per heavy atom. The van der Waals surface area contributed by atoms with Gasteiger partial charge in [0.1, 0.15) is 11.4 Å². The minimum Gasteiger partial charge on any atom is -0.507 e. The van der Waals surface area contributed by atoms with Crippen LogP contribution in [0.5, 0.6) is 5.75 Å². The predicted octanol–water partition coefficient (Wildman–Crippen LogP) is 4.07. The van der Waals surface area contributed by atoms with Crippen molar-refractivity contribution in [2.75, 3.05) is 0 Å². The Balaban J connectivity index is 2.23. The van der Waals surface area contributed by atoms with E-state index in [0.717, 1.165) is 12.1 Å². The van der Waals surface area contributed by atoms with Crippen LogP contribution < -0.4 is 0 Å². The summed E-state index contributed by atoms with van der Waals surface area (Å²) >= 11 is 5.92. The van der Waals surface area contributed by atoms with Gasteiger partial charge in [-0.2, -0.15) is 13.2 Å². The number of benzene rings is 1. The van der Waals surface area contributed by atoms with Crippen LogP contribution in [0.1, 0.15) is 5.56 Å². The number of rotatable bonds is 1. The van der Waals surface area contributed by atoms with Crippen molar-refractivity contribution in [3.05, 3.63) is 47.4 Å². The molecule has 0 spiro atoms. The minimum atomic E-state index is -4.53. The van der Waals surface area contributed by atoms with Crippen LogP contribution >= 0.6 is 11.6 Å². The van der Waals surface area contributed by atoms with Crippen LogP contribution in [-0.4, -0.2) is 20.3 Å². The molecule has 0 aliphatic carbocycles. The molecule has 0 saturated carbocycles. The molecular weight excluding hydrogens is 319 g/mol. The minimum absolute atomic E-state index is 0.123. The van der Waals surface area contributed by atoms with E-state index in [1.54, 1.807) is 6.07 Å². The second-order valence-electron chi connectivity index (χ2n) is 4.49. The Morgan fingerprint density at radius 1 is 1.05 bits per heavy atom. The lowest BCUT2D eigenvalue weighted by Crippen LogP contribution is -2.04. The number of nitrogens with zero attached hydrogens (tertiary/aromatic N) is 3. The Kier molecular flexibility index (Phi) is 3.37. The number of hydrogen-bond acceptors (Lipinski definition) is 4. The average molecular weight is 326 g/mol. The number of alkyl halides is 3. The van der Waals surface area contributed by atoms with E-state index >= 15 is 0 Å². The van der Waals surface area contributed by atoms with Crippen LogP contribution in [0, 0.1) is 0 Å². The molecule has 2 heterocycles. The fourth-order valence-electron chi connectivity index (χ4n) is 2.07. The van der Waals surface area contributed by atoms with E-state index in [4.69, 9.17) is 11.6 Å². The number of hydrogen-bond donors (Lipinski definition) is 1. The summed E-state index contributed by atoms with van der Waals surface area (Å²) in [5.74, 6) is -0.537. The number of pyridine rings is 1. The normalized spacial score (nSPS) is 11.8. The molecule has 1 N–H and O–H groups in total. The summed E-state index contributed by atoms with van der Waals surface area (Å²) in [5.41, 5.74) is -0.581. The highest BCUT2D eigenvalue weighted by Crippen LogP contribution is 2.38. The third kappa shape index (κ3) is 2.43. The quantitative estimate of drug-likeness (QED) is 0.732. The first-order valence-corrected chi connectivity index (χ1v) is 6.42. The van der Waals surface area contributed by atoms with E-state index in [0.29, 0.717) is 16.8 Å². The lowest BCUT2D eigenvalue weighted by Gasteiger charge is -2.11. The topological polar surface area (TPSA) is 58.9 Å². The summed E-state index contributed by atoms with van der Waals surface area (Å²) in [5, 5.41) is 18.7. The summed E-state index contributed by atoms with van der Waals surface area (Å²) in [7, 11) is 0. The highest BCUT2D eigenvalue weighted by Gasteiger charge is 2.31. The first-order valence-electron chi connectivity index (χ1n) is 6.04. The second kappa shape index (κ2) is 5.10. The largest absolute Gasteiger partial charge is 0.507 e. The zero-order valence-electron chi connectivity index (χ0n) is 10.8. The molecule has 112 valence electrons. The maximum absolute atomic E-state index is 12.6. The highest BCUT2D eigenvalue weighted by molar-refractivity contribution is 6.34. The first-order chi connectivity index (χ1) is 10.4. The van der Waals surface area contributed by atoms with Crippen LogP contribution in [-0.2, 0) is 6.18 Å². The predicted molar refractivity (Wildman–Crippen MR) is 74.4 cm³/mol. The van der Waals surface area contributed by atoms with Gasteiger partial charge in [0, 0.05) is 28.7 Å². The van der Waals surface area contributed by atoms with Gasteiger partial charge >= 0.3 is 6.18 Å². The fourth-order valence-corrected chi connectivity index (χ4v) is 2.26. The zero-order chi connectivity index (χ0) is 15.9. The van der Waals surface area contributed by atoms with Crippen molar-refractivity contribution in [2.24, 2.45) is 0 Å². The molecule has 4 nitrogen and oxygen atoms in total. The molecule has 0 atom stereocenters. The van der Waals surface area contributed by atoms with Crippen molar-refractivity contribution in [1.82, 2.24) is 15.2 Å². The fraction of sp³-hybridized carbons (Fsp3) is 0.0714. The Morgan fingerprint density at radius 3 is 2.50 bits per heavy atom. The molecule has 0 radical (unpaired) electrons. The number of aromatic nitrogens is 3. The van der Waals surface area contributed by atoms with Gasteiger partial charge in [-0.05, 0) is 24.3 Å². The van der Waals surface area contributed by atoms with Crippen molar-refractivity contribution >= 4 is 22.4 Å². The Labute approximate surface area is 127 Å². The van der Waals surface area contributed by atoms with Gasteiger partial charge in [0.2, 0.25) is 0 Å². The van der Waals surface area contributed by atoms with Crippen molar-refractivity contribution in [2.45, 2.75) is 6.18 Å². The molecular formula is C14H7ClF3N3O.